The molecule has 6 aliphatic carbocycles. The van der Waals surface area contributed by atoms with Crippen molar-refractivity contribution in [2.24, 2.45) is 47.3 Å². The van der Waals surface area contributed by atoms with Crippen LogP contribution in [0.1, 0.15) is 49.7 Å². The van der Waals surface area contributed by atoms with Crippen molar-refractivity contribution in [3.05, 3.63) is 84.5 Å². The molecule has 36 heavy (non-hydrogen) atoms. The van der Waals surface area contributed by atoms with Gasteiger partial charge in [-0.1, -0.05) is 36.4 Å². The predicted octanol–water partition coefficient (Wildman–Crippen LogP) is 5.54. The van der Waals surface area contributed by atoms with Crippen LogP contribution >= 0.6 is 0 Å². The number of fused-ring (bicyclic) bond motifs is 10. The number of rotatable bonds is 6. The quantitative estimate of drug-likeness (QED) is 0.533. The first-order valence-corrected chi connectivity index (χ1v) is 14.4. The maximum Gasteiger partial charge on any atom is 0.0312 e. The van der Waals surface area contributed by atoms with Gasteiger partial charge in [0, 0.05) is 50.0 Å². The van der Waals surface area contributed by atoms with Gasteiger partial charge in [-0.25, -0.2) is 0 Å². The molecule has 4 nitrogen and oxygen atoms in total. The normalized spacial score (nSPS) is 40.3. The summed E-state index contributed by atoms with van der Waals surface area (Å²) in [6, 6.07) is 9.84. The number of pyridine rings is 2. The van der Waals surface area contributed by atoms with Gasteiger partial charge in [-0.3, -0.25) is 9.97 Å². The Morgan fingerprint density at radius 2 is 1.25 bits per heavy atom. The van der Waals surface area contributed by atoms with Crippen LogP contribution in [0.3, 0.4) is 0 Å². The van der Waals surface area contributed by atoms with Crippen molar-refractivity contribution >= 4 is 0 Å². The van der Waals surface area contributed by atoms with E-state index in [4.69, 9.17) is 0 Å². The van der Waals surface area contributed by atoms with Crippen molar-refractivity contribution in [1.82, 2.24) is 20.6 Å². The molecule has 10 atom stereocenters. The minimum Gasteiger partial charge on any atom is -0.310 e. The lowest BCUT2D eigenvalue weighted by Gasteiger charge is -2.32. The molecule has 4 bridgehead atoms. The van der Waals surface area contributed by atoms with Crippen molar-refractivity contribution in [3.8, 4) is 0 Å². The molecule has 0 unspecified atom stereocenters. The number of hydrogen-bond acceptors (Lipinski definition) is 4. The molecule has 0 radical (unpaired) electrons. The monoisotopic (exact) mass is 480 g/mol. The standard InChI is InChI=1S/2C16H20N2/c2*1-4-13-12-7-15(14(13)5-1)16(8-12)18-10-11-3-2-6-17-9-11/h1-3,5-6,9,12-16,18H,4,7-8,10H2;1-4,6,9,12-16,18H,5,7-8,10H2/t2*12-,13+,14+,15-,16+/m00/s1. The highest BCUT2D eigenvalue weighted by atomic mass is 15.0. The molecule has 0 amide bonds. The van der Waals surface area contributed by atoms with Gasteiger partial charge in [-0.15, -0.1) is 0 Å². The summed E-state index contributed by atoms with van der Waals surface area (Å²) in [5.41, 5.74) is 2.61. The second-order valence-electron chi connectivity index (χ2n) is 12.3. The molecule has 4 fully saturated rings. The molecular formula is C32H40N4. The molecule has 2 aromatic heterocycles. The minimum atomic E-state index is 0.735. The fourth-order valence-electron chi connectivity index (χ4n) is 9.08. The second-order valence-corrected chi connectivity index (χ2v) is 12.3. The van der Waals surface area contributed by atoms with Gasteiger partial charge < -0.3 is 10.6 Å². The summed E-state index contributed by atoms with van der Waals surface area (Å²) < 4.78 is 0. The molecule has 2 aromatic rings. The van der Waals surface area contributed by atoms with Gasteiger partial charge in [0.05, 0.1) is 0 Å². The van der Waals surface area contributed by atoms with Crippen molar-refractivity contribution in [1.29, 1.82) is 0 Å². The Balaban J connectivity index is 0.000000122. The number of allylic oxidation sites excluding steroid dienone is 4. The highest BCUT2D eigenvalue weighted by Gasteiger charge is 2.53. The summed E-state index contributed by atoms with van der Waals surface area (Å²) >= 11 is 0. The molecular weight excluding hydrogens is 440 g/mol. The fraction of sp³-hybridized carbons (Fsp3) is 0.562. The molecule has 188 valence electrons. The van der Waals surface area contributed by atoms with Gasteiger partial charge in [0.15, 0.2) is 0 Å². The zero-order valence-electron chi connectivity index (χ0n) is 21.3. The molecule has 0 saturated heterocycles. The average molecular weight is 481 g/mol. The summed E-state index contributed by atoms with van der Waals surface area (Å²) in [4.78, 5) is 8.36. The Hall–Kier alpha value is -2.30. The van der Waals surface area contributed by atoms with E-state index >= 15 is 0 Å². The maximum atomic E-state index is 4.18. The Kier molecular flexibility index (Phi) is 6.27. The first-order valence-electron chi connectivity index (χ1n) is 14.4. The molecule has 0 spiro atoms. The van der Waals surface area contributed by atoms with Crippen molar-refractivity contribution in [2.75, 3.05) is 0 Å². The van der Waals surface area contributed by atoms with Crippen molar-refractivity contribution < 1.29 is 0 Å². The summed E-state index contributed by atoms with van der Waals surface area (Å²) in [5, 5.41) is 7.54. The van der Waals surface area contributed by atoms with Crippen LogP contribution in [0.15, 0.2) is 73.4 Å². The Bertz CT molecular complexity index is 1080. The third-order valence-electron chi connectivity index (χ3n) is 10.6. The minimum absolute atomic E-state index is 0.735. The van der Waals surface area contributed by atoms with E-state index in [0.717, 1.165) is 72.5 Å². The van der Waals surface area contributed by atoms with E-state index in [1.54, 1.807) is 0 Å². The summed E-state index contributed by atoms with van der Waals surface area (Å²) in [5.74, 6) is 7.52. The van der Waals surface area contributed by atoms with E-state index in [0.29, 0.717) is 0 Å². The summed E-state index contributed by atoms with van der Waals surface area (Å²) in [6.07, 6.45) is 25.8. The summed E-state index contributed by atoms with van der Waals surface area (Å²) in [6.45, 7) is 1.95. The van der Waals surface area contributed by atoms with E-state index in [2.05, 4.69) is 57.0 Å². The van der Waals surface area contributed by atoms with E-state index in [-0.39, 0.29) is 0 Å². The molecule has 0 aliphatic heterocycles. The first kappa shape index (κ1) is 22.9. The lowest BCUT2D eigenvalue weighted by atomic mass is 9.79. The van der Waals surface area contributed by atoms with Gasteiger partial charge in [-0.2, -0.15) is 0 Å². The number of nitrogens with zero attached hydrogens (tertiary/aromatic N) is 2. The van der Waals surface area contributed by atoms with Crippen LogP contribution in [0.25, 0.3) is 0 Å². The molecule has 2 N–H and O–H groups in total. The van der Waals surface area contributed by atoms with Gasteiger partial charge in [0.1, 0.15) is 0 Å². The number of aromatic nitrogens is 2. The van der Waals surface area contributed by atoms with Crippen LogP contribution in [0.4, 0.5) is 0 Å². The van der Waals surface area contributed by atoms with Crippen LogP contribution in [0, 0.1) is 47.3 Å². The Morgan fingerprint density at radius 3 is 1.94 bits per heavy atom. The third kappa shape index (κ3) is 4.26. The zero-order chi connectivity index (χ0) is 23.9. The topological polar surface area (TPSA) is 49.8 Å². The van der Waals surface area contributed by atoms with Gasteiger partial charge in [0.2, 0.25) is 0 Å². The fourth-order valence-corrected chi connectivity index (χ4v) is 9.08. The largest absolute Gasteiger partial charge is 0.310 e. The lowest BCUT2D eigenvalue weighted by Crippen LogP contribution is -2.39. The molecule has 8 rings (SSSR count). The SMILES string of the molecule is C1=C[C@@H]2[C@H](C1)[C@H]1C[C@@H]2[C@H](NCc2cccnc2)C1.C1=C[C@@H]2[C@H]3C[C@@H]([C@@H]2C1)[C@H](NCc1cccnc1)C3. The Morgan fingerprint density at radius 1 is 0.639 bits per heavy atom. The third-order valence-corrected chi connectivity index (χ3v) is 10.6. The second kappa shape index (κ2) is 9.87. The van der Waals surface area contributed by atoms with Crippen LogP contribution in [0.5, 0.6) is 0 Å². The van der Waals surface area contributed by atoms with Crippen LogP contribution in [-0.4, -0.2) is 22.1 Å². The molecule has 4 heteroatoms. The van der Waals surface area contributed by atoms with E-state index in [9.17, 15) is 0 Å². The van der Waals surface area contributed by atoms with Crippen LogP contribution in [-0.2, 0) is 13.1 Å². The van der Waals surface area contributed by atoms with Crippen LogP contribution in [0.2, 0.25) is 0 Å². The number of nitrogens with one attached hydrogen (secondary N) is 2. The average Bonchev–Trinajstić information content (AvgIpc) is 3.75. The van der Waals surface area contributed by atoms with Gasteiger partial charge in [0.25, 0.3) is 0 Å². The summed E-state index contributed by atoms with van der Waals surface area (Å²) in [7, 11) is 0. The highest BCUT2D eigenvalue weighted by molar-refractivity contribution is 5.17. The smallest absolute Gasteiger partial charge is 0.0312 e. The molecule has 0 aromatic carbocycles. The first-order chi connectivity index (χ1) is 17.8. The maximum absolute atomic E-state index is 4.18. The van der Waals surface area contributed by atoms with Gasteiger partial charge >= 0.3 is 0 Å². The molecule has 6 aliphatic rings. The van der Waals surface area contributed by atoms with E-state index < -0.39 is 0 Å². The van der Waals surface area contributed by atoms with E-state index in [1.807, 2.05) is 36.9 Å². The lowest BCUT2D eigenvalue weighted by molar-refractivity contribution is 0.225. The van der Waals surface area contributed by atoms with Crippen molar-refractivity contribution in [2.45, 2.75) is 63.7 Å². The highest BCUT2D eigenvalue weighted by Crippen LogP contribution is 2.57. The number of hydrogen-bond donors (Lipinski definition) is 2. The van der Waals surface area contributed by atoms with Gasteiger partial charge in [-0.05, 0) is 109 Å². The van der Waals surface area contributed by atoms with Crippen LogP contribution < -0.4 is 10.6 Å². The molecule has 4 saturated carbocycles. The van der Waals surface area contributed by atoms with Crippen molar-refractivity contribution in [3.63, 3.8) is 0 Å². The molecule has 2 heterocycles. The van der Waals surface area contributed by atoms with E-state index in [1.165, 1.54) is 49.7 Å². The Labute approximate surface area is 216 Å². The zero-order valence-corrected chi connectivity index (χ0v) is 21.3. The predicted molar refractivity (Wildman–Crippen MR) is 144 cm³/mol.